The van der Waals surface area contributed by atoms with E-state index in [2.05, 4.69) is 5.43 Å². The summed E-state index contributed by atoms with van der Waals surface area (Å²) >= 11 is 6.30. The third-order valence-corrected chi connectivity index (χ3v) is 5.03. The molecule has 6 nitrogen and oxygen atoms in total. The Balaban J connectivity index is 1.78. The molecule has 136 valence electrons. The van der Waals surface area contributed by atoms with E-state index in [4.69, 9.17) is 17.0 Å². The summed E-state index contributed by atoms with van der Waals surface area (Å²) in [5, 5.41) is 1.04. The van der Waals surface area contributed by atoms with Gasteiger partial charge in [0.15, 0.2) is 4.32 Å². The molecule has 0 bridgehead atoms. The number of thiocarbonyl (C=S) groups is 1. The van der Waals surface area contributed by atoms with Gasteiger partial charge in [0.05, 0.1) is 17.6 Å². The van der Waals surface area contributed by atoms with Crippen LogP contribution in [-0.2, 0) is 4.79 Å². The van der Waals surface area contributed by atoms with Crippen LogP contribution in [0.5, 0.6) is 5.75 Å². The Morgan fingerprint density at radius 1 is 1.15 bits per heavy atom. The van der Waals surface area contributed by atoms with Crippen molar-refractivity contribution in [3.05, 3.63) is 70.1 Å². The highest BCUT2D eigenvalue weighted by atomic mass is 32.2. The van der Waals surface area contributed by atoms with E-state index in [0.29, 0.717) is 21.8 Å². The number of hydrogen-bond acceptors (Lipinski definition) is 6. The number of hydrogen-bond donors (Lipinski definition) is 1. The number of carbonyl (C=O) groups is 3. The van der Waals surface area contributed by atoms with Crippen molar-refractivity contribution < 1.29 is 19.1 Å². The molecule has 1 saturated heterocycles. The Labute approximate surface area is 165 Å². The van der Waals surface area contributed by atoms with Gasteiger partial charge in [0, 0.05) is 5.56 Å². The van der Waals surface area contributed by atoms with Crippen LogP contribution in [0.1, 0.15) is 26.3 Å². The average Bonchev–Trinajstić information content (AvgIpc) is 2.95. The summed E-state index contributed by atoms with van der Waals surface area (Å²) in [6.45, 7) is 0. The Bertz CT molecular complexity index is 954. The van der Waals surface area contributed by atoms with Crippen LogP contribution in [0.4, 0.5) is 0 Å². The summed E-state index contributed by atoms with van der Waals surface area (Å²) in [5.74, 6) is -0.528. The predicted octanol–water partition coefficient (Wildman–Crippen LogP) is 3.05. The van der Waals surface area contributed by atoms with Crippen molar-refractivity contribution in [1.82, 2.24) is 10.4 Å². The van der Waals surface area contributed by atoms with Gasteiger partial charge in [-0.05, 0) is 36.0 Å². The molecule has 27 heavy (non-hydrogen) atoms. The molecule has 0 spiro atoms. The first-order valence-electron chi connectivity index (χ1n) is 7.80. The number of hydrazine groups is 1. The van der Waals surface area contributed by atoms with Crippen molar-refractivity contribution in [1.29, 1.82) is 0 Å². The maximum Gasteiger partial charge on any atom is 0.285 e. The minimum absolute atomic E-state index is 0.221. The molecule has 2 amide bonds. The highest BCUT2D eigenvalue weighted by Crippen LogP contribution is 2.31. The molecule has 0 aliphatic carbocycles. The molecular formula is C19H14N2O4S2. The zero-order valence-corrected chi connectivity index (χ0v) is 15.8. The maximum absolute atomic E-state index is 12.6. The molecule has 1 N–H and O–H groups in total. The van der Waals surface area contributed by atoms with Gasteiger partial charge in [-0.2, -0.15) is 5.01 Å². The predicted molar refractivity (Wildman–Crippen MR) is 107 cm³/mol. The zero-order chi connectivity index (χ0) is 19.4. The van der Waals surface area contributed by atoms with Gasteiger partial charge in [-0.25, -0.2) is 0 Å². The van der Waals surface area contributed by atoms with Crippen LogP contribution in [0, 0.1) is 0 Å². The minimum Gasteiger partial charge on any atom is -0.496 e. The van der Waals surface area contributed by atoms with Gasteiger partial charge in [-0.15, -0.1) is 0 Å². The van der Waals surface area contributed by atoms with Crippen LogP contribution in [-0.4, -0.2) is 34.5 Å². The fraction of sp³-hybridized carbons (Fsp3) is 0.0526. The van der Waals surface area contributed by atoms with Crippen molar-refractivity contribution in [3.8, 4) is 5.75 Å². The molecule has 0 atom stereocenters. The second-order valence-electron chi connectivity index (χ2n) is 5.44. The van der Waals surface area contributed by atoms with Crippen molar-refractivity contribution in [3.63, 3.8) is 0 Å². The number of amides is 2. The third-order valence-electron chi connectivity index (χ3n) is 3.73. The van der Waals surface area contributed by atoms with Crippen molar-refractivity contribution in [2.24, 2.45) is 0 Å². The highest BCUT2D eigenvalue weighted by Gasteiger charge is 2.34. The Hall–Kier alpha value is -2.97. The lowest BCUT2D eigenvalue weighted by Crippen LogP contribution is -2.44. The number of methoxy groups -OCH3 is 1. The molecule has 2 aromatic carbocycles. The summed E-state index contributed by atoms with van der Waals surface area (Å²) in [6, 6.07) is 13.5. The molecule has 0 saturated carbocycles. The third kappa shape index (κ3) is 4.07. The van der Waals surface area contributed by atoms with Gasteiger partial charge in [0.1, 0.15) is 12.0 Å². The second kappa shape index (κ2) is 8.15. The number of carbonyl (C=O) groups excluding carboxylic acids is 3. The largest absolute Gasteiger partial charge is 0.496 e. The minimum atomic E-state index is -0.500. The first kappa shape index (κ1) is 18.8. The SMILES string of the molecule is COc1ccccc1C(=O)NN1C(=O)/C(=C/c2ccc(C=O)cc2)SC1=S. The van der Waals surface area contributed by atoms with E-state index in [9.17, 15) is 14.4 Å². The molecule has 1 fully saturated rings. The summed E-state index contributed by atoms with van der Waals surface area (Å²) in [6.07, 6.45) is 2.40. The van der Waals surface area contributed by atoms with Gasteiger partial charge in [0.2, 0.25) is 0 Å². The lowest BCUT2D eigenvalue weighted by Gasteiger charge is -2.16. The molecule has 0 aromatic heterocycles. The molecule has 1 aliphatic heterocycles. The fourth-order valence-electron chi connectivity index (χ4n) is 2.38. The fourth-order valence-corrected chi connectivity index (χ4v) is 3.56. The first-order chi connectivity index (χ1) is 13.0. The summed E-state index contributed by atoms with van der Waals surface area (Å²) in [4.78, 5) is 36.2. The van der Waals surface area contributed by atoms with Gasteiger partial charge < -0.3 is 4.74 Å². The van der Waals surface area contributed by atoms with E-state index in [1.165, 1.54) is 7.11 Å². The highest BCUT2D eigenvalue weighted by molar-refractivity contribution is 8.26. The first-order valence-corrected chi connectivity index (χ1v) is 9.03. The van der Waals surface area contributed by atoms with Crippen LogP contribution < -0.4 is 10.2 Å². The molecular weight excluding hydrogens is 384 g/mol. The van der Waals surface area contributed by atoms with Crippen LogP contribution >= 0.6 is 24.0 Å². The molecule has 1 heterocycles. The van der Waals surface area contributed by atoms with Crippen LogP contribution in [0.25, 0.3) is 6.08 Å². The van der Waals surface area contributed by atoms with Crippen LogP contribution in [0.3, 0.4) is 0 Å². The van der Waals surface area contributed by atoms with E-state index in [-0.39, 0.29) is 4.32 Å². The number of para-hydroxylation sites is 1. The molecule has 0 unspecified atom stereocenters. The smallest absolute Gasteiger partial charge is 0.285 e. The lowest BCUT2D eigenvalue weighted by molar-refractivity contribution is -0.123. The maximum atomic E-state index is 12.6. The van der Waals surface area contributed by atoms with Crippen molar-refractivity contribution in [2.45, 2.75) is 0 Å². The number of thioether (sulfide) groups is 1. The average molecular weight is 398 g/mol. The number of ether oxygens (including phenoxy) is 1. The van der Waals surface area contributed by atoms with Gasteiger partial charge >= 0.3 is 0 Å². The van der Waals surface area contributed by atoms with E-state index in [1.54, 1.807) is 54.6 Å². The Morgan fingerprint density at radius 2 is 1.81 bits per heavy atom. The van der Waals surface area contributed by atoms with Gasteiger partial charge in [-0.3, -0.25) is 19.8 Å². The Kier molecular flexibility index (Phi) is 5.68. The monoisotopic (exact) mass is 398 g/mol. The summed E-state index contributed by atoms with van der Waals surface area (Å²) < 4.78 is 5.39. The molecule has 2 aromatic rings. The number of benzene rings is 2. The molecule has 3 rings (SSSR count). The topological polar surface area (TPSA) is 75.7 Å². The zero-order valence-electron chi connectivity index (χ0n) is 14.2. The quantitative estimate of drug-likeness (QED) is 0.474. The normalized spacial score (nSPS) is 15.1. The van der Waals surface area contributed by atoms with Gasteiger partial charge in [-0.1, -0.05) is 48.2 Å². The number of aldehydes is 1. The molecule has 1 aliphatic rings. The number of nitrogens with one attached hydrogen (secondary N) is 1. The van der Waals surface area contributed by atoms with E-state index >= 15 is 0 Å². The van der Waals surface area contributed by atoms with E-state index < -0.39 is 11.8 Å². The standard InChI is InChI=1S/C19H14N2O4S2/c1-25-15-5-3-2-4-14(15)17(23)20-21-18(24)16(27-19(21)26)10-12-6-8-13(11-22)9-7-12/h2-11H,1H3,(H,20,23)/b16-10-. The Morgan fingerprint density at radius 3 is 2.48 bits per heavy atom. The molecule has 0 radical (unpaired) electrons. The van der Waals surface area contributed by atoms with Crippen molar-refractivity contribution >= 4 is 52.5 Å². The van der Waals surface area contributed by atoms with Crippen LogP contribution in [0.15, 0.2) is 53.4 Å². The van der Waals surface area contributed by atoms with E-state index in [0.717, 1.165) is 28.6 Å². The number of rotatable bonds is 5. The molecule has 8 heteroatoms. The second-order valence-corrected chi connectivity index (χ2v) is 7.12. The van der Waals surface area contributed by atoms with E-state index in [1.807, 2.05) is 0 Å². The van der Waals surface area contributed by atoms with Gasteiger partial charge in [0.25, 0.3) is 11.8 Å². The van der Waals surface area contributed by atoms with Crippen molar-refractivity contribution in [2.75, 3.05) is 7.11 Å². The lowest BCUT2D eigenvalue weighted by atomic mass is 10.1. The summed E-state index contributed by atoms with van der Waals surface area (Å²) in [5.41, 5.74) is 4.11. The number of nitrogens with zero attached hydrogens (tertiary/aromatic N) is 1. The summed E-state index contributed by atoms with van der Waals surface area (Å²) in [7, 11) is 1.46. The van der Waals surface area contributed by atoms with Crippen LogP contribution in [0.2, 0.25) is 0 Å².